The Kier molecular flexibility index (Phi) is 6.79. The first kappa shape index (κ1) is 24.4. The van der Waals surface area contributed by atoms with Gasteiger partial charge in [0.15, 0.2) is 0 Å². The van der Waals surface area contributed by atoms with Crippen molar-refractivity contribution in [3.05, 3.63) is 28.8 Å². The van der Waals surface area contributed by atoms with E-state index in [1.807, 2.05) is 19.9 Å². The topological polar surface area (TPSA) is 105 Å². The normalized spacial score (nSPS) is 33.2. The molecule has 33 heavy (non-hydrogen) atoms. The second-order valence-corrected chi connectivity index (χ2v) is 10.4. The molecule has 2 bridgehead atoms. The van der Waals surface area contributed by atoms with E-state index in [9.17, 15) is 19.5 Å². The fraction of sp³-hybridized carbons (Fsp3) is 0.609. The van der Waals surface area contributed by atoms with Crippen molar-refractivity contribution in [3.63, 3.8) is 0 Å². The third-order valence-corrected chi connectivity index (χ3v) is 8.24. The van der Waals surface area contributed by atoms with E-state index in [4.69, 9.17) is 21.1 Å². The number of aliphatic hydroxyl groups excluding tert-OH is 1. The van der Waals surface area contributed by atoms with Gasteiger partial charge in [-0.1, -0.05) is 46.6 Å². The molecule has 0 radical (unpaired) electrons. The number of hydrogen-bond acceptors (Lipinski definition) is 6. The molecule has 0 saturated carbocycles. The molecular weight excluding hydrogens is 516 g/mol. The molecule has 0 aliphatic carbocycles. The van der Waals surface area contributed by atoms with E-state index in [1.54, 1.807) is 19.1 Å². The summed E-state index contributed by atoms with van der Waals surface area (Å²) in [5.74, 6) is -3.02. The number of benzene rings is 1. The third-order valence-electron chi connectivity index (χ3n) is 7.08. The highest BCUT2D eigenvalue weighted by atomic mass is 79.9. The molecule has 2 amide bonds. The number of halogens is 2. The van der Waals surface area contributed by atoms with Gasteiger partial charge in [0.25, 0.3) is 0 Å². The summed E-state index contributed by atoms with van der Waals surface area (Å²) in [4.78, 5) is 41.6. The first-order valence-corrected chi connectivity index (χ1v) is 12.5. The van der Waals surface area contributed by atoms with E-state index in [0.29, 0.717) is 23.6 Å². The quantitative estimate of drug-likeness (QED) is 0.405. The largest absolute Gasteiger partial charge is 0.466 e. The number of anilines is 1. The highest BCUT2D eigenvalue weighted by Crippen LogP contribution is 2.60. The zero-order valence-electron chi connectivity index (χ0n) is 18.7. The van der Waals surface area contributed by atoms with Crippen LogP contribution in [0, 0.1) is 18.8 Å². The molecule has 3 aliphatic rings. The van der Waals surface area contributed by atoms with E-state index in [2.05, 4.69) is 21.2 Å². The van der Waals surface area contributed by atoms with Gasteiger partial charge in [0.1, 0.15) is 11.6 Å². The molecule has 3 fully saturated rings. The first-order valence-electron chi connectivity index (χ1n) is 11.2. The van der Waals surface area contributed by atoms with Gasteiger partial charge in [0.2, 0.25) is 11.8 Å². The smallest absolute Gasteiger partial charge is 0.312 e. The van der Waals surface area contributed by atoms with Gasteiger partial charge in [-0.15, -0.1) is 0 Å². The van der Waals surface area contributed by atoms with Crippen molar-refractivity contribution in [1.82, 2.24) is 4.90 Å². The number of carbonyl (C=O) groups is 3. The van der Waals surface area contributed by atoms with Crippen molar-refractivity contribution in [2.75, 3.05) is 18.5 Å². The molecule has 1 aromatic rings. The molecule has 3 heterocycles. The van der Waals surface area contributed by atoms with Crippen molar-refractivity contribution in [1.29, 1.82) is 0 Å². The summed E-state index contributed by atoms with van der Waals surface area (Å²) >= 11 is 9.94. The molecule has 3 aliphatic heterocycles. The van der Waals surface area contributed by atoms with Gasteiger partial charge < -0.3 is 24.8 Å². The van der Waals surface area contributed by atoms with E-state index >= 15 is 0 Å². The minimum Gasteiger partial charge on any atom is -0.466 e. The van der Waals surface area contributed by atoms with Crippen LogP contribution >= 0.6 is 27.5 Å². The molecule has 8 nitrogen and oxygen atoms in total. The Morgan fingerprint density at radius 1 is 1.42 bits per heavy atom. The number of alkyl halides is 1. The van der Waals surface area contributed by atoms with Gasteiger partial charge >= 0.3 is 5.97 Å². The predicted molar refractivity (Wildman–Crippen MR) is 125 cm³/mol. The van der Waals surface area contributed by atoms with Crippen molar-refractivity contribution in [3.8, 4) is 0 Å². The Labute approximate surface area is 206 Å². The van der Waals surface area contributed by atoms with Crippen LogP contribution < -0.4 is 5.32 Å². The first-order chi connectivity index (χ1) is 15.7. The van der Waals surface area contributed by atoms with E-state index < -0.39 is 47.5 Å². The van der Waals surface area contributed by atoms with Crippen LogP contribution in [0.5, 0.6) is 0 Å². The summed E-state index contributed by atoms with van der Waals surface area (Å²) in [6.07, 6.45) is 0.235. The molecule has 0 aromatic heterocycles. The average Bonchev–Trinajstić information content (AvgIpc) is 3.36. The monoisotopic (exact) mass is 542 g/mol. The minimum absolute atomic E-state index is 0.177. The lowest BCUT2D eigenvalue weighted by atomic mass is 9.70. The lowest BCUT2D eigenvalue weighted by Gasteiger charge is -2.36. The summed E-state index contributed by atoms with van der Waals surface area (Å²) in [5, 5.41) is 13.3. The summed E-state index contributed by atoms with van der Waals surface area (Å²) in [6, 6.07) is 3.65. The SMILES string of the molecule is CCOC(=O)[C@H]1[C@@H]2O[C@@]3(CC2Br)[C@@H]1C(=O)N([C@@H](CC)CO)[C@@H]3C(=O)Nc1c(C)cccc1Cl. The summed E-state index contributed by atoms with van der Waals surface area (Å²) in [6.45, 7) is 5.23. The number of amides is 2. The third kappa shape index (κ3) is 3.68. The van der Waals surface area contributed by atoms with Crippen LogP contribution in [0.2, 0.25) is 5.02 Å². The standard InChI is InChI=1S/C23H28BrClN2O6/c1-4-12(10-28)27-19(20(29)26-17-11(3)7-6-8-14(17)25)23-9-13(24)18(33-23)15(16(23)21(27)30)22(31)32-5-2/h6-8,12-13,15-16,18-19,28H,4-5,9-10H2,1-3H3,(H,26,29)/t12-,13?,15+,16-,18+,19+,23-/m0/s1. The number of likely N-dealkylation sites (tertiary alicyclic amines) is 1. The van der Waals surface area contributed by atoms with Gasteiger partial charge in [0.05, 0.1) is 47.9 Å². The molecule has 180 valence electrons. The average molecular weight is 544 g/mol. The molecule has 1 spiro atoms. The number of nitrogens with one attached hydrogen (secondary N) is 1. The predicted octanol–water partition coefficient (Wildman–Crippen LogP) is 2.67. The zero-order valence-corrected chi connectivity index (χ0v) is 21.1. The lowest BCUT2D eigenvalue weighted by molar-refractivity contribution is -0.155. The van der Waals surface area contributed by atoms with Crippen LogP contribution in [-0.4, -0.2) is 69.6 Å². The molecule has 2 N–H and O–H groups in total. The number of aliphatic hydroxyl groups is 1. The van der Waals surface area contributed by atoms with Crippen LogP contribution in [0.25, 0.3) is 0 Å². The van der Waals surface area contributed by atoms with Gasteiger partial charge in [0, 0.05) is 4.83 Å². The molecule has 3 saturated heterocycles. The number of esters is 1. The maximum atomic E-state index is 13.8. The van der Waals surface area contributed by atoms with Crippen LogP contribution in [0.15, 0.2) is 18.2 Å². The van der Waals surface area contributed by atoms with E-state index in [0.717, 1.165) is 5.56 Å². The minimum atomic E-state index is -1.21. The number of hydrogen-bond donors (Lipinski definition) is 2. The van der Waals surface area contributed by atoms with Gasteiger partial charge in [-0.3, -0.25) is 14.4 Å². The van der Waals surface area contributed by atoms with Crippen LogP contribution in [0.4, 0.5) is 5.69 Å². The van der Waals surface area contributed by atoms with E-state index in [1.165, 1.54) is 4.90 Å². The highest BCUT2D eigenvalue weighted by molar-refractivity contribution is 9.09. The van der Waals surface area contributed by atoms with Crippen LogP contribution in [-0.2, 0) is 23.9 Å². The van der Waals surface area contributed by atoms with Gasteiger partial charge in [-0.25, -0.2) is 0 Å². The molecular formula is C23H28BrClN2O6. The van der Waals surface area contributed by atoms with Gasteiger partial charge in [-0.2, -0.15) is 0 Å². The number of aryl methyl sites for hydroxylation is 1. The number of rotatable bonds is 7. The summed E-state index contributed by atoms with van der Waals surface area (Å²) < 4.78 is 11.6. The molecule has 7 atom stereocenters. The Hall–Kier alpha value is -1.68. The van der Waals surface area contributed by atoms with Crippen LogP contribution in [0.3, 0.4) is 0 Å². The van der Waals surface area contributed by atoms with Crippen molar-refractivity contribution >= 4 is 51.0 Å². The maximum absolute atomic E-state index is 13.8. The maximum Gasteiger partial charge on any atom is 0.312 e. The summed E-state index contributed by atoms with van der Waals surface area (Å²) in [5.41, 5.74) is 0.0163. The number of para-hydroxylation sites is 1. The highest BCUT2D eigenvalue weighted by Gasteiger charge is 2.77. The second-order valence-electron chi connectivity index (χ2n) is 8.83. The Bertz CT molecular complexity index is 952. The molecule has 1 unspecified atom stereocenters. The Morgan fingerprint density at radius 3 is 2.76 bits per heavy atom. The lowest BCUT2D eigenvalue weighted by Crippen LogP contribution is -2.56. The second kappa shape index (κ2) is 9.17. The van der Waals surface area contributed by atoms with Crippen molar-refractivity contribution in [2.24, 2.45) is 11.8 Å². The zero-order chi connectivity index (χ0) is 24.1. The fourth-order valence-corrected chi connectivity index (χ4v) is 6.88. The van der Waals surface area contributed by atoms with Gasteiger partial charge in [-0.05, 0) is 38.3 Å². The molecule has 4 rings (SSSR count). The fourth-order valence-electron chi connectivity index (χ4n) is 5.66. The number of nitrogens with zero attached hydrogens (tertiary/aromatic N) is 1. The Morgan fingerprint density at radius 2 is 2.15 bits per heavy atom. The molecule has 10 heteroatoms. The summed E-state index contributed by atoms with van der Waals surface area (Å²) in [7, 11) is 0. The van der Waals surface area contributed by atoms with Crippen molar-refractivity contribution in [2.45, 2.75) is 62.2 Å². The van der Waals surface area contributed by atoms with Crippen LogP contribution in [0.1, 0.15) is 32.3 Å². The number of carbonyl (C=O) groups excluding carboxylic acids is 3. The Balaban J connectivity index is 1.79. The number of ether oxygens (including phenoxy) is 2. The van der Waals surface area contributed by atoms with E-state index in [-0.39, 0.29) is 23.9 Å². The number of fused-ring (bicyclic) bond motifs is 1. The van der Waals surface area contributed by atoms with Crippen molar-refractivity contribution < 1.29 is 29.0 Å². The molecule has 1 aromatic carbocycles.